The van der Waals surface area contributed by atoms with E-state index in [2.05, 4.69) is 21.9 Å². The van der Waals surface area contributed by atoms with Gasteiger partial charge in [0.2, 0.25) is 5.91 Å². The van der Waals surface area contributed by atoms with Crippen molar-refractivity contribution in [2.24, 2.45) is 0 Å². The number of anilines is 1. The number of hydrogen-bond acceptors (Lipinski definition) is 5. The van der Waals surface area contributed by atoms with E-state index in [9.17, 15) is 9.59 Å². The molecular formula is C18H22ClN3O4. The molecule has 0 spiro atoms. The second kappa shape index (κ2) is 10.5. The quantitative estimate of drug-likeness (QED) is 0.640. The maximum Gasteiger partial charge on any atom is 0.260 e. The molecule has 1 N–H and O–H groups in total. The van der Waals surface area contributed by atoms with Gasteiger partial charge in [-0.1, -0.05) is 36.5 Å². The Morgan fingerprint density at radius 3 is 2.65 bits per heavy atom. The van der Waals surface area contributed by atoms with Crippen LogP contribution in [0.4, 0.5) is 5.82 Å². The van der Waals surface area contributed by atoms with Crippen LogP contribution in [0, 0.1) is 0 Å². The Balaban J connectivity index is 1.89. The van der Waals surface area contributed by atoms with Gasteiger partial charge < -0.3 is 19.5 Å². The Kier molecular flexibility index (Phi) is 7.95. The number of amides is 2. The monoisotopic (exact) mass is 379 g/mol. The summed E-state index contributed by atoms with van der Waals surface area (Å²) < 4.78 is 10.2. The molecule has 0 aliphatic carbocycles. The van der Waals surface area contributed by atoms with Gasteiger partial charge in [-0.25, -0.2) is 0 Å². The summed E-state index contributed by atoms with van der Waals surface area (Å²) in [5.41, 5.74) is 0. The van der Waals surface area contributed by atoms with Crippen molar-refractivity contribution in [1.29, 1.82) is 0 Å². The minimum absolute atomic E-state index is 0.0701. The van der Waals surface area contributed by atoms with Crippen molar-refractivity contribution >= 4 is 29.2 Å². The molecule has 0 radical (unpaired) electrons. The van der Waals surface area contributed by atoms with Gasteiger partial charge in [0.05, 0.1) is 0 Å². The standard InChI is InChI=1S/C18H22ClN3O4/c1-2-3-4-10-22(12-17(23)20-16-9-11-26-21-16)18(24)13-25-15-7-5-14(19)6-8-15/h5-9,11H,2-4,10,12-13H2,1H3,(H,20,21,23). The number of rotatable bonds is 10. The first-order valence-corrected chi connectivity index (χ1v) is 8.82. The molecule has 26 heavy (non-hydrogen) atoms. The van der Waals surface area contributed by atoms with Crippen molar-refractivity contribution in [2.45, 2.75) is 26.2 Å². The molecule has 0 fully saturated rings. The van der Waals surface area contributed by atoms with Crippen molar-refractivity contribution in [3.05, 3.63) is 41.6 Å². The van der Waals surface area contributed by atoms with E-state index >= 15 is 0 Å². The zero-order valence-corrected chi connectivity index (χ0v) is 15.4. The van der Waals surface area contributed by atoms with E-state index in [1.807, 2.05) is 0 Å². The second-order valence-corrected chi connectivity index (χ2v) is 6.13. The number of unbranched alkanes of at least 4 members (excludes halogenated alkanes) is 2. The molecule has 1 aromatic heterocycles. The van der Waals surface area contributed by atoms with Crippen LogP contribution < -0.4 is 10.1 Å². The Hall–Kier alpha value is -2.54. The molecule has 140 valence electrons. The van der Waals surface area contributed by atoms with E-state index in [1.54, 1.807) is 24.3 Å². The summed E-state index contributed by atoms with van der Waals surface area (Å²) in [6.45, 7) is 2.35. The molecular weight excluding hydrogens is 358 g/mol. The first-order chi connectivity index (χ1) is 12.6. The lowest BCUT2D eigenvalue weighted by atomic mass is 10.2. The predicted octanol–water partition coefficient (Wildman–Crippen LogP) is 3.36. The molecule has 0 unspecified atom stereocenters. The maximum absolute atomic E-state index is 12.5. The summed E-state index contributed by atoms with van der Waals surface area (Å²) in [4.78, 5) is 26.1. The van der Waals surface area contributed by atoms with Crippen molar-refractivity contribution in [3.8, 4) is 5.75 Å². The van der Waals surface area contributed by atoms with E-state index in [1.165, 1.54) is 17.2 Å². The molecule has 1 heterocycles. The number of carbonyl (C=O) groups excluding carboxylic acids is 2. The van der Waals surface area contributed by atoms with E-state index in [-0.39, 0.29) is 25.0 Å². The van der Waals surface area contributed by atoms with Gasteiger partial charge in [0.25, 0.3) is 5.91 Å². The van der Waals surface area contributed by atoms with Crippen LogP contribution in [0.5, 0.6) is 5.75 Å². The third kappa shape index (κ3) is 6.76. The molecule has 2 aromatic rings. The van der Waals surface area contributed by atoms with Crippen molar-refractivity contribution in [3.63, 3.8) is 0 Å². The van der Waals surface area contributed by atoms with E-state index < -0.39 is 0 Å². The summed E-state index contributed by atoms with van der Waals surface area (Å²) in [6, 6.07) is 8.28. The number of halogens is 1. The number of hydrogen-bond donors (Lipinski definition) is 1. The van der Waals surface area contributed by atoms with Crippen molar-refractivity contribution in [1.82, 2.24) is 10.1 Å². The molecule has 0 aliphatic rings. The van der Waals surface area contributed by atoms with Gasteiger partial charge in [-0.05, 0) is 30.7 Å². The first-order valence-electron chi connectivity index (χ1n) is 8.45. The third-order valence-corrected chi connectivity index (χ3v) is 3.85. The third-order valence-electron chi connectivity index (χ3n) is 3.60. The largest absolute Gasteiger partial charge is 0.484 e. The summed E-state index contributed by atoms with van der Waals surface area (Å²) in [5.74, 6) is 0.262. The Morgan fingerprint density at radius 1 is 1.23 bits per heavy atom. The van der Waals surface area contributed by atoms with Crippen LogP contribution in [0.15, 0.2) is 41.1 Å². The van der Waals surface area contributed by atoms with Crippen LogP contribution in [0.1, 0.15) is 26.2 Å². The number of aromatic nitrogens is 1. The van der Waals surface area contributed by atoms with Crippen LogP contribution in [0.2, 0.25) is 5.02 Å². The molecule has 0 saturated carbocycles. The second-order valence-electron chi connectivity index (χ2n) is 5.70. The fourth-order valence-electron chi connectivity index (χ4n) is 2.24. The summed E-state index contributed by atoms with van der Waals surface area (Å²) in [5, 5.41) is 6.80. The topological polar surface area (TPSA) is 84.7 Å². The SMILES string of the molecule is CCCCCN(CC(=O)Nc1ccon1)C(=O)COc1ccc(Cl)cc1. The zero-order chi connectivity index (χ0) is 18.8. The van der Waals surface area contributed by atoms with Gasteiger partial charge in [-0.15, -0.1) is 0 Å². The number of benzene rings is 1. The number of nitrogens with zero attached hydrogens (tertiary/aromatic N) is 2. The lowest BCUT2D eigenvalue weighted by Gasteiger charge is -2.22. The van der Waals surface area contributed by atoms with Crippen LogP contribution in [-0.4, -0.2) is 41.6 Å². The Bertz CT molecular complexity index is 689. The van der Waals surface area contributed by atoms with Crippen molar-refractivity contribution < 1.29 is 18.8 Å². The fraction of sp³-hybridized carbons (Fsp3) is 0.389. The van der Waals surface area contributed by atoms with E-state index in [0.717, 1.165) is 19.3 Å². The molecule has 0 aliphatic heterocycles. The Labute approximate surface area is 157 Å². The average Bonchev–Trinajstić information content (AvgIpc) is 3.13. The zero-order valence-electron chi connectivity index (χ0n) is 14.6. The number of carbonyl (C=O) groups is 2. The van der Waals surface area contributed by atoms with Crippen LogP contribution in [0.3, 0.4) is 0 Å². The van der Waals surface area contributed by atoms with Crippen molar-refractivity contribution in [2.75, 3.05) is 25.0 Å². The van der Waals surface area contributed by atoms with E-state index in [0.29, 0.717) is 23.1 Å². The number of ether oxygens (including phenoxy) is 1. The molecule has 7 nitrogen and oxygen atoms in total. The highest BCUT2D eigenvalue weighted by Crippen LogP contribution is 2.15. The van der Waals surface area contributed by atoms with Gasteiger partial charge in [0, 0.05) is 17.6 Å². The molecule has 1 aromatic carbocycles. The first kappa shape index (κ1) is 19.8. The minimum atomic E-state index is -0.338. The molecule has 2 amide bonds. The lowest BCUT2D eigenvalue weighted by Crippen LogP contribution is -2.41. The molecule has 0 atom stereocenters. The van der Waals surface area contributed by atoms with Gasteiger partial charge in [-0.3, -0.25) is 9.59 Å². The smallest absolute Gasteiger partial charge is 0.260 e. The minimum Gasteiger partial charge on any atom is -0.484 e. The summed E-state index contributed by atoms with van der Waals surface area (Å²) in [6.07, 6.45) is 4.18. The molecule has 0 saturated heterocycles. The molecule has 0 bridgehead atoms. The van der Waals surface area contributed by atoms with Gasteiger partial charge in [0.15, 0.2) is 12.4 Å². The molecule has 8 heteroatoms. The summed E-state index contributed by atoms with van der Waals surface area (Å²) >= 11 is 5.82. The lowest BCUT2D eigenvalue weighted by molar-refractivity contribution is -0.136. The Morgan fingerprint density at radius 2 is 2.00 bits per heavy atom. The van der Waals surface area contributed by atoms with Gasteiger partial charge in [-0.2, -0.15) is 0 Å². The predicted molar refractivity (Wildman–Crippen MR) is 98.2 cm³/mol. The fourth-order valence-corrected chi connectivity index (χ4v) is 2.37. The van der Waals surface area contributed by atoms with Crippen LogP contribution in [0.25, 0.3) is 0 Å². The normalized spacial score (nSPS) is 10.4. The van der Waals surface area contributed by atoms with Crippen LogP contribution in [-0.2, 0) is 9.59 Å². The highest BCUT2D eigenvalue weighted by molar-refractivity contribution is 6.30. The summed E-state index contributed by atoms with van der Waals surface area (Å²) in [7, 11) is 0. The van der Waals surface area contributed by atoms with Crippen LogP contribution >= 0.6 is 11.6 Å². The average molecular weight is 380 g/mol. The highest BCUT2D eigenvalue weighted by atomic mass is 35.5. The van der Waals surface area contributed by atoms with Gasteiger partial charge in [0.1, 0.15) is 18.6 Å². The number of nitrogens with one attached hydrogen (secondary N) is 1. The maximum atomic E-state index is 12.5. The highest BCUT2D eigenvalue weighted by Gasteiger charge is 2.18. The van der Waals surface area contributed by atoms with Gasteiger partial charge >= 0.3 is 0 Å². The van der Waals surface area contributed by atoms with E-state index in [4.69, 9.17) is 16.3 Å². The molecule has 2 rings (SSSR count).